The summed E-state index contributed by atoms with van der Waals surface area (Å²) in [5, 5.41) is 5.57. The van der Waals surface area contributed by atoms with Crippen LogP contribution in [0.2, 0.25) is 5.02 Å². The van der Waals surface area contributed by atoms with E-state index in [4.69, 9.17) is 11.6 Å². The average Bonchev–Trinajstić information content (AvgIpc) is 2.99. The van der Waals surface area contributed by atoms with Gasteiger partial charge in [-0.05, 0) is 25.1 Å². The molecule has 3 nitrogen and oxygen atoms in total. The van der Waals surface area contributed by atoms with E-state index in [1.165, 1.54) is 29.0 Å². The van der Waals surface area contributed by atoms with Crippen LogP contribution in [0.3, 0.4) is 0 Å². The molecule has 3 rings (SSSR count). The molecule has 1 aromatic heterocycles. The first kappa shape index (κ1) is 16.6. The van der Waals surface area contributed by atoms with Crippen molar-refractivity contribution in [3.63, 3.8) is 0 Å². The fraction of sp³-hybridized carbons (Fsp3) is 0.111. The number of nitrogens with zero attached hydrogens (tertiary/aromatic N) is 1. The molecule has 0 bridgehead atoms. The second kappa shape index (κ2) is 7.11. The van der Waals surface area contributed by atoms with Crippen LogP contribution in [0.4, 0.5) is 10.1 Å². The second-order valence-corrected chi connectivity index (χ2v) is 6.62. The van der Waals surface area contributed by atoms with Crippen molar-refractivity contribution in [2.24, 2.45) is 0 Å². The second-order valence-electron chi connectivity index (χ2n) is 5.36. The number of aromatic nitrogens is 1. The number of halogens is 2. The molecule has 0 saturated carbocycles. The van der Waals surface area contributed by atoms with Gasteiger partial charge in [0.1, 0.15) is 10.8 Å². The molecule has 122 valence electrons. The predicted molar refractivity (Wildman–Crippen MR) is 96.0 cm³/mol. The lowest BCUT2D eigenvalue weighted by atomic mass is 10.2. The molecule has 6 heteroatoms. The summed E-state index contributed by atoms with van der Waals surface area (Å²) in [5.41, 5.74) is 3.29. The third-order valence-electron chi connectivity index (χ3n) is 3.40. The maximum Gasteiger partial charge on any atom is 0.230 e. The van der Waals surface area contributed by atoms with E-state index < -0.39 is 5.82 Å². The van der Waals surface area contributed by atoms with Crippen molar-refractivity contribution >= 4 is 34.5 Å². The molecule has 1 N–H and O–H groups in total. The van der Waals surface area contributed by atoms with Crippen LogP contribution in [0, 0.1) is 12.7 Å². The number of rotatable bonds is 4. The maximum absolute atomic E-state index is 13.0. The van der Waals surface area contributed by atoms with Crippen LogP contribution in [0.15, 0.2) is 47.8 Å². The highest BCUT2D eigenvalue weighted by molar-refractivity contribution is 7.13. The minimum Gasteiger partial charge on any atom is -0.324 e. The van der Waals surface area contributed by atoms with Crippen LogP contribution >= 0.6 is 22.9 Å². The van der Waals surface area contributed by atoms with Crippen molar-refractivity contribution in [1.82, 2.24) is 4.98 Å². The molecule has 0 aliphatic carbocycles. The van der Waals surface area contributed by atoms with E-state index in [0.29, 0.717) is 11.4 Å². The predicted octanol–water partition coefficient (Wildman–Crippen LogP) is 5.09. The molecule has 0 radical (unpaired) electrons. The van der Waals surface area contributed by atoms with Gasteiger partial charge in [0.25, 0.3) is 0 Å². The highest BCUT2D eigenvalue weighted by Gasteiger charge is 2.11. The first-order valence-electron chi connectivity index (χ1n) is 7.27. The number of amides is 1. The SMILES string of the molecule is Cc1ccc(-c2nc(CC(=O)Nc3ccc(F)cc3Cl)cs2)cc1. The number of hydrogen-bond donors (Lipinski definition) is 1. The summed E-state index contributed by atoms with van der Waals surface area (Å²) in [4.78, 5) is 16.6. The van der Waals surface area contributed by atoms with Gasteiger partial charge in [-0.25, -0.2) is 9.37 Å². The molecule has 0 saturated heterocycles. The molecule has 24 heavy (non-hydrogen) atoms. The summed E-state index contributed by atoms with van der Waals surface area (Å²) < 4.78 is 13.0. The zero-order valence-corrected chi connectivity index (χ0v) is 14.4. The van der Waals surface area contributed by atoms with E-state index in [1.54, 1.807) is 0 Å². The summed E-state index contributed by atoms with van der Waals surface area (Å²) in [6.07, 6.45) is 0.135. The summed E-state index contributed by atoms with van der Waals surface area (Å²) in [6, 6.07) is 11.9. The van der Waals surface area contributed by atoms with Crippen molar-refractivity contribution in [3.8, 4) is 10.6 Å². The Morgan fingerprint density at radius 1 is 1.25 bits per heavy atom. The van der Waals surface area contributed by atoms with Gasteiger partial charge in [0.15, 0.2) is 0 Å². The van der Waals surface area contributed by atoms with Gasteiger partial charge in [0.2, 0.25) is 5.91 Å². The monoisotopic (exact) mass is 360 g/mol. The van der Waals surface area contributed by atoms with Crippen LogP contribution in [0.1, 0.15) is 11.3 Å². The van der Waals surface area contributed by atoms with Gasteiger partial charge in [-0.3, -0.25) is 4.79 Å². The van der Waals surface area contributed by atoms with Crippen molar-refractivity contribution in [1.29, 1.82) is 0 Å². The Balaban J connectivity index is 1.68. The van der Waals surface area contributed by atoms with Gasteiger partial charge in [0, 0.05) is 10.9 Å². The molecule has 0 fully saturated rings. The summed E-state index contributed by atoms with van der Waals surface area (Å²) >= 11 is 7.40. The Bertz CT molecular complexity index is 877. The lowest BCUT2D eigenvalue weighted by molar-refractivity contribution is -0.115. The van der Waals surface area contributed by atoms with Gasteiger partial charge in [-0.1, -0.05) is 41.4 Å². The smallest absolute Gasteiger partial charge is 0.230 e. The standard InChI is InChI=1S/C18H14ClFN2OS/c1-11-2-4-12(5-3-11)18-21-14(10-24-18)9-17(23)22-16-7-6-13(20)8-15(16)19/h2-8,10H,9H2,1H3,(H,22,23). The van der Waals surface area contributed by atoms with Gasteiger partial charge in [-0.2, -0.15) is 0 Å². The van der Waals surface area contributed by atoms with Crippen molar-refractivity contribution < 1.29 is 9.18 Å². The topological polar surface area (TPSA) is 42.0 Å². The van der Waals surface area contributed by atoms with Gasteiger partial charge in [0.05, 0.1) is 22.8 Å². The Kier molecular flexibility index (Phi) is 4.92. The fourth-order valence-electron chi connectivity index (χ4n) is 2.17. The lowest BCUT2D eigenvalue weighted by Gasteiger charge is -2.06. The largest absolute Gasteiger partial charge is 0.324 e. The van der Waals surface area contributed by atoms with Crippen LogP contribution < -0.4 is 5.32 Å². The highest BCUT2D eigenvalue weighted by atomic mass is 35.5. The van der Waals surface area contributed by atoms with E-state index in [9.17, 15) is 9.18 Å². The summed E-state index contributed by atoms with van der Waals surface area (Å²) in [6.45, 7) is 2.03. The molecular formula is C18H14ClFN2OS. The molecule has 0 aliphatic heterocycles. The average molecular weight is 361 g/mol. The number of nitrogens with one attached hydrogen (secondary N) is 1. The molecular weight excluding hydrogens is 347 g/mol. The Labute approximate surface area is 148 Å². The quantitative estimate of drug-likeness (QED) is 0.704. The summed E-state index contributed by atoms with van der Waals surface area (Å²) in [7, 11) is 0. The minimum absolute atomic E-state index is 0.135. The maximum atomic E-state index is 13.0. The van der Waals surface area contributed by atoms with Crippen molar-refractivity contribution in [3.05, 3.63) is 69.9 Å². The molecule has 3 aromatic rings. The third-order valence-corrected chi connectivity index (χ3v) is 4.65. The first-order valence-corrected chi connectivity index (χ1v) is 8.53. The van der Waals surface area contributed by atoms with Crippen molar-refractivity contribution in [2.75, 3.05) is 5.32 Å². The normalized spacial score (nSPS) is 10.6. The van der Waals surface area contributed by atoms with Gasteiger partial charge in [-0.15, -0.1) is 11.3 Å². The van der Waals surface area contributed by atoms with Crippen LogP contribution in [-0.2, 0) is 11.2 Å². The number of aryl methyl sites for hydroxylation is 1. The number of thiazole rings is 1. The van der Waals surface area contributed by atoms with E-state index >= 15 is 0 Å². The van der Waals surface area contributed by atoms with Gasteiger partial charge >= 0.3 is 0 Å². The van der Waals surface area contributed by atoms with E-state index in [1.807, 2.05) is 36.6 Å². The lowest BCUT2D eigenvalue weighted by Crippen LogP contribution is -2.14. The molecule has 0 aliphatic rings. The first-order chi connectivity index (χ1) is 11.5. The zero-order valence-electron chi connectivity index (χ0n) is 12.8. The van der Waals surface area contributed by atoms with Crippen LogP contribution in [0.5, 0.6) is 0 Å². The van der Waals surface area contributed by atoms with Crippen molar-refractivity contribution in [2.45, 2.75) is 13.3 Å². The summed E-state index contributed by atoms with van der Waals surface area (Å²) in [5.74, 6) is -0.690. The molecule has 1 heterocycles. The molecule has 0 atom stereocenters. The molecule has 1 amide bonds. The van der Waals surface area contributed by atoms with E-state index in [-0.39, 0.29) is 17.4 Å². The third kappa shape index (κ3) is 3.99. The number of anilines is 1. The van der Waals surface area contributed by atoms with E-state index in [2.05, 4.69) is 10.3 Å². The molecule has 0 spiro atoms. The zero-order chi connectivity index (χ0) is 17.1. The Morgan fingerprint density at radius 3 is 2.71 bits per heavy atom. The van der Waals surface area contributed by atoms with Crippen LogP contribution in [0.25, 0.3) is 10.6 Å². The van der Waals surface area contributed by atoms with E-state index in [0.717, 1.165) is 16.6 Å². The van der Waals surface area contributed by atoms with Crippen LogP contribution in [-0.4, -0.2) is 10.9 Å². The highest BCUT2D eigenvalue weighted by Crippen LogP contribution is 2.25. The molecule has 0 unspecified atom stereocenters. The fourth-order valence-corrected chi connectivity index (χ4v) is 3.21. The minimum atomic E-state index is -0.444. The molecule has 2 aromatic carbocycles. The number of carbonyl (C=O) groups excluding carboxylic acids is 1. The number of hydrogen-bond acceptors (Lipinski definition) is 3. The Morgan fingerprint density at radius 2 is 2.00 bits per heavy atom. The Hall–Kier alpha value is -2.24. The number of carbonyl (C=O) groups is 1. The number of benzene rings is 2. The van der Waals surface area contributed by atoms with Gasteiger partial charge < -0.3 is 5.32 Å².